The van der Waals surface area contributed by atoms with Gasteiger partial charge < -0.3 is 15.3 Å². The van der Waals surface area contributed by atoms with Crippen molar-refractivity contribution in [2.45, 2.75) is 58.3 Å². The van der Waals surface area contributed by atoms with Gasteiger partial charge in [-0.05, 0) is 31.1 Å². The largest absolute Gasteiger partial charge is 0.481 e. The average molecular weight is 296 g/mol. The zero-order chi connectivity index (χ0) is 15.3. The molecule has 0 spiro atoms. The second-order valence-electron chi connectivity index (χ2n) is 7.01. The number of likely N-dealkylation sites (tertiary alicyclic amines) is 1. The fraction of sp³-hybridized carbons (Fsp3) is 0.875. The maximum absolute atomic E-state index is 12.3. The van der Waals surface area contributed by atoms with Crippen LogP contribution in [0.15, 0.2) is 0 Å². The van der Waals surface area contributed by atoms with Crippen molar-refractivity contribution in [2.24, 2.45) is 11.3 Å². The van der Waals surface area contributed by atoms with Crippen LogP contribution in [0.4, 0.5) is 4.79 Å². The summed E-state index contributed by atoms with van der Waals surface area (Å²) in [7, 11) is 0. The molecule has 1 aliphatic heterocycles. The summed E-state index contributed by atoms with van der Waals surface area (Å²) in [6.07, 6.45) is 8.90. The lowest BCUT2D eigenvalue weighted by atomic mass is 9.82. The van der Waals surface area contributed by atoms with Gasteiger partial charge in [0.05, 0.1) is 5.92 Å². The third kappa shape index (κ3) is 4.61. The molecule has 5 nitrogen and oxygen atoms in total. The Kier molecular flexibility index (Phi) is 5.48. The van der Waals surface area contributed by atoms with Gasteiger partial charge in [0.1, 0.15) is 0 Å². The van der Waals surface area contributed by atoms with E-state index in [1.807, 2.05) is 0 Å². The molecule has 1 saturated heterocycles. The number of hydrogen-bond donors (Lipinski definition) is 2. The molecule has 1 heterocycles. The smallest absolute Gasteiger partial charge is 0.317 e. The van der Waals surface area contributed by atoms with E-state index in [0.29, 0.717) is 26.1 Å². The molecule has 120 valence electrons. The molecular formula is C16H28N2O3. The Morgan fingerprint density at radius 1 is 1.19 bits per heavy atom. The van der Waals surface area contributed by atoms with Gasteiger partial charge in [-0.15, -0.1) is 0 Å². The molecule has 1 saturated carbocycles. The van der Waals surface area contributed by atoms with E-state index in [1.165, 1.54) is 38.5 Å². The van der Waals surface area contributed by atoms with Crippen LogP contribution < -0.4 is 5.32 Å². The number of amides is 2. The van der Waals surface area contributed by atoms with Gasteiger partial charge in [0.15, 0.2) is 0 Å². The monoisotopic (exact) mass is 296 g/mol. The molecule has 0 aromatic carbocycles. The number of aliphatic carboxylic acids is 1. The molecule has 0 aromatic rings. The number of nitrogens with one attached hydrogen (secondary N) is 1. The number of carboxylic acid groups (broad SMARTS) is 1. The summed E-state index contributed by atoms with van der Waals surface area (Å²) >= 11 is 0. The van der Waals surface area contributed by atoms with E-state index in [2.05, 4.69) is 12.2 Å². The summed E-state index contributed by atoms with van der Waals surface area (Å²) in [5.74, 6) is -1.19. The molecule has 5 heteroatoms. The van der Waals surface area contributed by atoms with Crippen LogP contribution in [0.2, 0.25) is 0 Å². The topological polar surface area (TPSA) is 69.6 Å². The zero-order valence-corrected chi connectivity index (χ0v) is 13.1. The van der Waals surface area contributed by atoms with E-state index in [1.54, 1.807) is 4.90 Å². The van der Waals surface area contributed by atoms with Gasteiger partial charge in [0.2, 0.25) is 0 Å². The number of hydrogen-bond acceptors (Lipinski definition) is 2. The van der Waals surface area contributed by atoms with Crippen molar-refractivity contribution in [2.75, 3.05) is 19.6 Å². The van der Waals surface area contributed by atoms with Crippen molar-refractivity contribution in [3.8, 4) is 0 Å². The molecule has 1 aliphatic carbocycles. The van der Waals surface area contributed by atoms with Crippen molar-refractivity contribution in [1.82, 2.24) is 10.2 Å². The van der Waals surface area contributed by atoms with E-state index in [-0.39, 0.29) is 11.4 Å². The van der Waals surface area contributed by atoms with Crippen molar-refractivity contribution >= 4 is 12.0 Å². The molecular weight excluding hydrogens is 268 g/mol. The Bertz CT molecular complexity index is 376. The number of carbonyl (C=O) groups is 2. The fourth-order valence-corrected chi connectivity index (χ4v) is 3.52. The summed E-state index contributed by atoms with van der Waals surface area (Å²) in [6, 6.07) is -0.0913. The molecule has 0 bridgehead atoms. The lowest BCUT2D eigenvalue weighted by molar-refractivity contribution is -0.143. The van der Waals surface area contributed by atoms with Crippen LogP contribution >= 0.6 is 0 Å². The first-order valence-corrected chi connectivity index (χ1v) is 8.26. The Labute approximate surface area is 127 Å². The lowest BCUT2D eigenvalue weighted by Crippen LogP contribution is -2.49. The van der Waals surface area contributed by atoms with Crippen molar-refractivity contribution < 1.29 is 14.7 Å². The Morgan fingerprint density at radius 3 is 2.48 bits per heavy atom. The Balaban J connectivity index is 1.82. The normalized spacial score (nSPS) is 26.0. The third-order valence-corrected chi connectivity index (χ3v) is 5.03. The van der Waals surface area contributed by atoms with Crippen LogP contribution in [0.3, 0.4) is 0 Å². The number of urea groups is 1. The molecule has 2 fully saturated rings. The fourth-order valence-electron chi connectivity index (χ4n) is 3.52. The van der Waals surface area contributed by atoms with Gasteiger partial charge in [-0.3, -0.25) is 4.79 Å². The summed E-state index contributed by atoms with van der Waals surface area (Å²) in [5, 5.41) is 12.1. The molecule has 2 N–H and O–H groups in total. The quantitative estimate of drug-likeness (QED) is 0.787. The highest BCUT2D eigenvalue weighted by Gasteiger charge is 2.30. The van der Waals surface area contributed by atoms with Crippen LogP contribution in [-0.4, -0.2) is 41.6 Å². The minimum Gasteiger partial charge on any atom is -0.481 e. The summed E-state index contributed by atoms with van der Waals surface area (Å²) in [4.78, 5) is 25.0. The maximum atomic E-state index is 12.3. The summed E-state index contributed by atoms with van der Waals surface area (Å²) < 4.78 is 0. The second-order valence-corrected chi connectivity index (χ2v) is 7.01. The molecule has 0 aromatic heterocycles. The highest BCUT2D eigenvalue weighted by atomic mass is 16.4. The van der Waals surface area contributed by atoms with Crippen LogP contribution in [0.1, 0.15) is 58.3 Å². The van der Waals surface area contributed by atoms with Gasteiger partial charge >= 0.3 is 12.0 Å². The highest BCUT2D eigenvalue weighted by molar-refractivity contribution is 5.76. The molecule has 0 radical (unpaired) electrons. The number of carboxylic acids is 1. The average Bonchev–Trinajstić information content (AvgIpc) is 2.70. The molecule has 2 amide bonds. The van der Waals surface area contributed by atoms with Gasteiger partial charge in [0, 0.05) is 19.6 Å². The molecule has 21 heavy (non-hydrogen) atoms. The van der Waals surface area contributed by atoms with Crippen molar-refractivity contribution in [3.05, 3.63) is 0 Å². The zero-order valence-electron chi connectivity index (χ0n) is 13.1. The van der Waals surface area contributed by atoms with Crippen LogP contribution in [0.5, 0.6) is 0 Å². The summed E-state index contributed by atoms with van der Waals surface area (Å²) in [6.45, 7) is 3.99. The van der Waals surface area contributed by atoms with Gasteiger partial charge in [-0.2, -0.15) is 0 Å². The Morgan fingerprint density at radius 2 is 1.86 bits per heavy atom. The first-order valence-electron chi connectivity index (χ1n) is 8.26. The van der Waals surface area contributed by atoms with Crippen molar-refractivity contribution in [3.63, 3.8) is 0 Å². The number of carbonyl (C=O) groups excluding carboxylic acids is 1. The van der Waals surface area contributed by atoms with E-state index in [0.717, 1.165) is 6.42 Å². The first kappa shape index (κ1) is 16.1. The van der Waals surface area contributed by atoms with Gasteiger partial charge in [0.25, 0.3) is 0 Å². The van der Waals surface area contributed by atoms with Crippen molar-refractivity contribution in [1.29, 1.82) is 0 Å². The van der Waals surface area contributed by atoms with Crippen LogP contribution in [0, 0.1) is 11.3 Å². The second kappa shape index (κ2) is 7.14. The van der Waals surface area contributed by atoms with Crippen LogP contribution in [0.25, 0.3) is 0 Å². The Hall–Kier alpha value is -1.26. The predicted molar refractivity (Wildman–Crippen MR) is 81.1 cm³/mol. The van der Waals surface area contributed by atoms with Gasteiger partial charge in [-0.25, -0.2) is 4.79 Å². The standard InChI is InChI=1S/C16H28N2O3/c1-16(8-4-2-3-5-9-16)12-17-15(21)18-10-6-7-13(11-18)14(19)20/h13H,2-12H2,1H3,(H,17,21)(H,19,20). The SMILES string of the molecule is CC1(CNC(=O)N2CCCC(C(=O)O)C2)CCCCCC1. The third-order valence-electron chi connectivity index (χ3n) is 5.03. The van der Waals surface area contributed by atoms with Gasteiger partial charge in [-0.1, -0.05) is 32.6 Å². The number of piperidine rings is 1. The van der Waals surface area contributed by atoms with E-state index in [9.17, 15) is 9.59 Å². The molecule has 2 rings (SSSR count). The van der Waals surface area contributed by atoms with E-state index in [4.69, 9.17) is 5.11 Å². The van der Waals surface area contributed by atoms with E-state index >= 15 is 0 Å². The highest BCUT2D eigenvalue weighted by Crippen LogP contribution is 2.33. The van der Waals surface area contributed by atoms with E-state index < -0.39 is 11.9 Å². The maximum Gasteiger partial charge on any atom is 0.317 e. The number of nitrogens with zero attached hydrogens (tertiary/aromatic N) is 1. The number of rotatable bonds is 3. The van der Waals surface area contributed by atoms with Crippen LogP contribution in [-0.2, 0) is 4.79 Å². The summed E-state index contributed by atoms with van der Waals surface area (Å²) in [5.41, 5.74) is 0.203. The minimum absolute atomic E-state index is 0.0913. The molecule has 2 aliphatic rings. The lowest BCUT2D eigenvalue weighted by Gasteiger charge is -2.33. The predicted octanol–water partition coefficient (Wildman–Crippen LogP) is 2.85. The minimum atomic E-state index is -0.789. The first-order chi connectivity index (χ1) is 10.0. The molecule has 1 unspecified atom stereocenters. The molecule has 1 atom stereocenters.